The molecular weight excluding hydrogens is 422 g/mol. The van der Waals surface area contributed by atoms with Crippen LogP contribution in [0.15, 0.2) is 40.9 Å². The maximum Gasteiger partial charge on any atom is 0.258 e. The molecular formula is C25H27N3O5. The van der Waals surface area contributed by atoms with Crippen LogP contribution in [0.25, 0.3) is 33.7 Å². The van der Waals surface area contributed by atoms with Gasteiger partial charge in [0, 0.05) is 10.9 Å². The summed E-state index contributed by atoms with van der Waals surface area (Å²) in [5.74, 6) is 2.80. The van der Waals surface area contributed by atoms with Crippen molar-refractivity contribution in [1.29, 1.82) is 0 Å². The fourth-order valence-corrected chi connectivity index (χ4v) is 3.61. The van der Waals surface area contributed by atoms with E-state index >= 15 is 0 Å². The van der Waals surface area contributed by atoms with E-state index in [2.05, 4.69) is 15.1 Å². The van der Waals surface area contributed by atoms with Crippen LogP contribution >= 0.6 is 0 Å². The molecule has 2 aromatic heterocycles. The van der Waals surface area contributed by atoms with Crippen molar-refractivity contribution in [1.82, 2.24) is 15.1 Å². The highest BCUT2D eigenvalue weighted by molar-refractivity contribution is 5.87. The van der Waals surface area contributed by atoms with Crippen LogP contribution in [0.2, 0.25) is 0 Å². The molecule has 8 heteroatoms. The minimum Gasteiger partial charge on any atom is -0.490 e. The van der Waals surface area contributed by atoms with Crippen molar-refractivity contribution in [3.63, 3.8) is 0 Å². The Morgan fingerprint density at radius 2 is 1.58 bits per heavy atom. The molecule has 0 aliphatic rings. The van der Waals surface area contributed by atoms with Crippen LogP contribution in [0, 0.1) is 6.92 Å². The fourth-order valence-electron chi connectivity index (χ4n) is 3.61. The van der Waals surface area contributed by atoms with E-state index in [4.69, 9.17) is 23.5 Å². The first kappa shape index (κ1) is 22.4. The van der Waals surface area contributed by atoms with E-state index in [1.165, 1.54) is 0 Å². The number of hydrogen-bond donors (Lipinski definition) is 0. The summed E-state index contributed by atoms with van der Waals surface area (Å²) < 4.78 is 28.5. The Labute approximate surface area is 192 Å². The van der Waals surface area contributed by atoms with Gasteiger partial charge in [0.25, 0.3) is 5.89 Å². The third kappa shape index (κ3) is 4.41. The lowest BCUT2D eigenvalue weighted by atomic mass is 10.1. The molecule has 2 aromatic carbocycles. The zero-order valence-electron chi connectivity index (χ0n) is 19.5. The van der Waals surface area contributed by atoms with E-state index < -0.39 is 0 Å². The number of fused-ring (bicyclic) bond motifs is 1. The monoisotopic (exact) mass is 449 g/mol. The summed E-state index contributed by atoms with van der Waals surface area (Å²) in [6.45, 7) is 9.18. The van der Waals surface area contributed by atoms with Crippen LogP contribution in [-0.4, -0.2) is 42.1 Å². The van der Waals surface area contributed by atoms with Gasteiger partial charge >= 0.3 is 0 Å². The number of benzene rings is 2. The van der Waals surface area contributed by atoms with Crippen LogP contribution in [-0.2, 0) is 0 Å². The van der Waals surface area contributed by atoms with Crippen molar-refractivity contribution in [2.75, 3.05) is 26.9 Å². The second-order valence-electron chi connectivity index (χ2n) is 7.22. The number of aryl methyl sites for hydroxylation is 1. The SMILES string of the molecule is CCOc1cc(-c2nc(-c3cc4cccc(C)c4nc3OC)no2)cc(OCC)c1OCC. The van der Waals surface area contributed by atoms with E-state index in [1.54, 1.807) is 7.11 Å². The predicted octanol–water partition coefficient (Wildman–Crippen LogP) is 5.46. The molecule has 0 saturated heterocycles. The number of rotatable bonds is 9. The molecule has 2 heterocycles. The van der Waals surface area contributed by atoms with Gasteiger partial charge in [0.1, 0.15) is 0 Å². The molecule has 0 atom stereocenters. The number of pyridine rings is 1. The van der Waals surface area contributed by atoms with Crippen LogP contribution < -0.4 is 18.9 Å². The molecule has 4 aromatic rings. The number of aromatic nitrogens is 3. The average Bonchev–Trinajstić information content (AvgIpc) is 3.31. The Balaban J connectivity index is 1.80. The lowest BCUT2D eigenvalue weighted by Gasteiger charge is -2.16. The van der Waals surface area contributed by atoms with Gasteiger partial charge in [-0.1, -0.05) is 23.4 Å². The Morgan fingerprint density at radius 1 is 0.879 bits per heavy atom. The Bertz CT molecular complexity index is 1240. The highest BCUT2D eigenvalue weighted by Crippen LogP contribution is 2.42. The molecule has 4 rings (SSSR count). The van der Waals surface area contributed by atoms with E-state index in [-0.39, 0.29) is 0 Å². The molecule has 0 spiro atoms. The fraction of sp³-hybridized carbons (Fsp3) is 0.320. The molecule has 0 radical (unpaired) electrons. The maximum atomic E-state index is 5.80. The van der Waals surface area contributed by atoms with Crippen LogP contribution in [0.4, 0.5) is 0 Å². The lowest BCUT2D eigenvalue weighted by molar-refractivity contribution is 0.261. The summed E-state index contributed by atoms with van der Waals surface area (Å²) in [4.78, 5) is 9.28. The topological polar surface area (TPSA) is 88.7 Å². The highest BCUT2D eigenvalue weighted by atomic mass is 16.5. The highest BCUT2D eigenvalue weighted by Gasteiger charge is 2.21. The summed E-state index contributed by atoms with van der Waals surface area (Å²) >= 11 is 0. The number of hydrogen-bond acceptors (Lipinski definition) is 8. The quantitative estimate of drug-likeness (QED) is 0.333. The smallest absolute Gasteiger partial charge is 0.258 e. The van der Waals surface area contributed by atoms with Crippen LogP contribution in [0.1, 0.15) is 26.3 Å². The van der Waals surface area contributed by atoms with Gasteiger partial charge in [-0.15, -0.1) is 0 Å². The first-order valence-electron chi connectivity index (χ1n) is 10.9. The number of para-hydroxylation sites is 1. The van der Waals surface area contributed by atoms with Gasteiger partial charge in [0.05, 0.1) is 38.0 Å². The van der Waals surface area contributed by atoms with Crippen molar-refractivity contribution >= 4 is 10.9 Å². The molecule has 8 nitrogen and oxygen atoms in total. The van der Waals surface area contributed by atoms with Gasteiger partial charge in [-0.05, 0) is 51.5 Å². The van der Waals surface area contributed by atoms with Gasteiger partial charge in [-0.2, -0.15) is 4.98 Å². The summed E-state index contributed by atoms with van der Waals surface area (Å²) in [7, 11) is 1.58. The van der Waals surface area contributed by atoms with Gasteiger partial charge in [-0.25, -0.2) is 4.98 Å². The molecule has 0 N–H and O–H groups in total. The molecule has 0 unspecified atom stereocenters. The molecule has 0 fully saturated rings. The molecule has 0 saturated carbocycles. The van der Waals surface area contributed by atoms with E-state index in [1.807, 2.05) is 64.1 Å². The second kappa shape index (κ2) is 9.77. The van der Waals surface area contributed by atoms with Gasteiger partial charge in [-0.3, -0.25) is 0 Å². The maximum absolute atomic E-state index is 5.80. The molecule has 0 bridgehead atoms. The first-order valence-corrected chi connectivity index (χ1v) is 10.9. The molecule has 0 amide bonds. The number of methoxy groups -OCH3 is 1. The molecule has 0 aliphatic heterocycles. The Morgan fingerprint density at radius 3 is 2.21 bits per heavy atom. The third-order valence-corrected chi connectivity index (χ3v) is 5.03. The Hall–Kier alpha value is -3.81. The largest absolute Gasteiger partial charge is 0.490 e. The normalized spacial score (nSPS) is 10.9. The van der Waals surface area contributed by atoms with Gasteiger partial charge in [0.15, 0.2) is 11.5 Å². The number of nitrogens with zero attached hydrogens (tertiary/aromatic N) is 3. The summed E-state index contributed by atoms with van der Waals surface area (Å²) in [6, 6.07) is 11.6. The van der Waals surface area contributed by atoms with Crippen LogP contribution in [0.5, 0.6) is 23.1 Å². The van der Waals surface area contributed by atoms with E-state index in [0.29, 0.717) is 65.8 Å². The van der Waals surface area contributed by atoms with E-state index in [9.17, 15) is 0 Å². The minimum atomic E-state index is 0.321. The number of ether oxygens (including phenoxy) is 4. The lowest BCUT2D eigenvalue weighted by Crippen LogP contribution is -2.03. The predicted molar refractivity (Wildman–Crippen MR) is 125 cm³/mol. The zero-order valence-corrected chi connectivity index (χ0v) is 19.5. The summed E-state index contributed by atoms with van der Waals surface area (Å²) in [5.41, 5.74) is 3.24. The minimum absolute atomic E-state index is 0.321. The van der Waals surface area contributed by atoms with Crippen molar-refractivity contribution < 1.29 is 23.5 Å². The average molecular weight is 450 g/mol. The summed E-state index contributed by atoms with van der Waals surface area (Å²) in [5, 5.41) is 5.16. The van der Waals surface area contributed by atoms with Gasteiger partial charge in [0.2, 0.25) is 17.5 Å². The molecule has 172 valence electrons. The van der Waals surface area contributed by atoms with Crippen molar-refractivity contribution in [3.05, 3.63) is 42.0 Å². The van der Waals surface area contributed by atoms with Crippen molar-refractivity contribution in [2.45, 2.75) is 27.7 Å². The molecule has 33 heavy (non-hydrogen) atoms. The van der Waals surface area contributed by atoms with Crippen LogP contribution in [0.3, 0.4) is 0 Å². The third-order valence-electron chi connectivity index (χ3n) is 5.03. The van der Waals surface area contributed by atoms with Gasteiger partial charge < -0.3 is 23.5 Å². The second-order valence-corrected chi connectivity index (χ2v) is 7.22. The zero-order chi connectivity index (χ0) is 23.4. The standard InChI is InChI=1S/C25H27N3O5/c1-6-30-19-13-17(14-20(31-7-2)22(19)32-8-3)24-27-23(28-33-24)18-12-16-11-9-10-15(4)21(16)26-25(18)29-5/h9-14H,6-8H2,1-5H3. The van der Waals surface area contributed by atoms with E-state index in [0.717, 1.165) is 16.5 Å². The summed E-state index contributed by atoms with van der Waals surface area (Å²) in [6.07, 6.45) is 0. The molecule has 0 aliphatic carbocycles. The first-order chi connectivity index (χ1) is 16.1. The van der Waals surface area contributed by atoms with Crippen molar-refractivity contribution in [2.24, 2.45) is 0 Å². The Kier molecular flexibility index (Phi) is 6.63. The van der Waals surface area contributed by atoms with Crippen molar-refractivity contribution in [3.8, 4) is 46.0 Å².